The first-order chi connectivity index (χ1) is 17.6. The zero-order valence-corrected chi connectivity index (χ0v) is 22.0. The van der Waals surface area contributed by atoms with Crippen molar-refractivity contribution in [1.29, 1.82) is 0 Å². The first kappa shape index (κ1) is 26.6. The minimum atomic E-state index is -0.597. The maximum Gasteiger partial charge on any atom is 0.265 e. The number of carbonyl (C=O) groups excluding carboxylic acids is 2. The minimum absolute atomic E-state index is 0.0719. The predicted molar refractivity (Wildman–Crippen MR) is 144 cm³/mol. The molecule has 1 aliphatic carbocycles. The van der Waals surface area contributed by atoms with E-state index in [9.17, 15) is 19.5 Å². The number of nitrogens with zero attached hydrogens (tertiary/aromatic N) is 3. The molecule has 9 nitrogen and oxygen atoms in total. The molecule has 0 unspecified atom stereocenters. The van der Waals surface area contributed by atoms with Crippen LogP contribution in [0.3, 0.4) is 0 Å². The van der Waals surface area contributed by atoms with E-state index in [1.54, 1.807) is 37.4 Å². The Balaban J connectivity index is 1.66. The Kier molecular flexibility index (Phi) is 7.85. The van der Waals surface area contributed by atoms with Gasteiger partial charge in [-0.15, -0.1) is 0 Å². The fourth-order valence-electron chi connectivity index (χ4n) is 3.99. The van der Waals surface area contributed by atoms with Crippen LogP contribution in [0.4, 0.5) is 5.82 Å². The largest absolute Gasteiger partial charge is 0.396 e. The molecule has 196 valence electrons. The molecule has 0 aliphatic heterocycles. The Morgan fingerprint density at radius 2 is 1.89 bits per heavy atom. The van der Waals surface area contributed by atoms with E-state index in [1.165, 1.54) is 15.5 Å². The smallest absolute Gasteiger partial charge is 0.265 e. The number of aromatic nitrogens is 2. The van der Waals surface area contributed by atoms with Gasteiger partial charge in [0.1, 0.15) is 23.6 Å². The van der Waals surface area contributed by atoms with Gasteiger partial charge in [-0.2, -0.15) is 0 Å². The second kappa shape index (κ2) is 10.9. The van der Waals surface area contributed by atoms with Crippen molar-refractivity contribution in [3.63, 3.8) is 0 Å². The van der Waals surface area contributed by atoms with Crippen LogP contribution in [0.1, 0.15) is 42.6 Å². The van der Waals surface area contributed by atoms with Crippen LogP contribution in [0.15, 0.2) is 47.3 Å². The van der Waals surface area contributed by atoms with Crippen molar-refractivity contribution in [3.8, 4) is 0 Å². The number of fused-ring (bicyclic) bond motifs is 1. The fourth-order valence-corrected chi connectivity index (χ4v) is 4.12. The average molecular weight is 526 g/mol. The lowest BCUT2D eigenvalue weighted by Gasteiger charge is -2.28. The number of rotatable bonds is 10. The van der Waals surface area contributed by atoms with Gasteiger partial charge in [-0.05, 0) is 48.7 Å². The molecule has 0 radical (unpaired) electrons. The second-order valence-electron chi connectivity index (χ2n) is 10.4. The SMILES string of the molecule is CN(CC(C)(C)CO)C(=O)Cn1c(=O)c(C(=O)NCc2ccc(Cl)cc2)cc2ccc(NC3CC3)nc21. The molecule has 10 heteroatoms. The maximum absolute atomic E-state index is 13.5. The standard InChI is InChI=1S/C27H32ClN5O4/c1-27(2,16-34)15-32(3)23(35)14-33-24-18(6-11-22(31-24)30-20-9-10-20)12-21(26(33)37)25(36)29-13-17-4-7-19(28)8-5-17/h4-8,11-12,20,34H,9-10,13-16H2,1-3H3,(H,29,36)(H,30,31). The summed E-state index contributed by atoms with van der Waals surface area (Å²) in [5.41, 5.74) is -0.00850. The Bertz CT molecular complexity index is 1370. The number of anilines is 1. The predicted octanol–water partition coefficient (Wildman–Crippen LogP) is 3.03. The summed E-state index contributed by atoms with van der Waals surface area (Å²) in [5.74, 6) is -0.255. The molecule has 0 atom stereocenters. The first-order valence-corrected chi connectivity index (χ1v) is 12.6. The third-order valence-electron chi connectivity index (χ3n) is 6.29. The van der Waals surface area contributed by atoms with Crippen LogP contribution in [-0.2, 0) is 17.9 Å². The normalized spacial score (nSPS) is 13.4. The molecular formula is C27H32ClN5O4. The van der Waals surface area contributed by atoms with Gasteiger partial charge in [0.05, 0.1) is 0 Å². The molecule has 0 spiro atoms. The molecule has 1 aromatic carbocycles. The summed E-state index contributed by atoms with van der Waals surface area (Å²) in [4.78, 5) is 45.8. The second-order valence-corrected chi connectivity index (χ2v) is 10.8. The highest BCUT2D eigenvalue weighted by Gasteiger charge is 2.25. The van der Waals surface area contributed by atoms with E-state index in [0.717, 1.165) is 18.4 Å². The van der Waals surface area contributed by atoms with Gasteiger partial charge in [0.15, 0.2) is 0 Å². The van der Waals surface area contributed by atoms with Crippen LogP contribution < -0.4 is 16.2 Å². The number of aliphatic hydroxyl groups excluding tert-OH is 1. The minimum Gasteiger partial charge on any atom is -0.396 e. The number of hydrogen-bond acceptors (Lipinski definition) is 6. The summed E-state index contributed by atoms with van der Waals surface area (Å²) < 4.78 is 1.26. The average Bonchev–Trinajstić information content (AvgIpc) is 3.68. The quantitative estimate of drug-likeness (QED) is 0.374. The summed E-state index contributed by atoms with van der Waals surface area (Å²) in [7, 11) is 1.63. The van der Waals surface area contributed by atoms with Crippen molar-refractivity contribution in [3.05, 3.63) is 69.0 Å². The summed E-state index contributed by atoms with van der Waals surface area (Å²) in [6.07, 6.45) is 2.12. The monoisotopic (exact) mass is 525 g/mol. The molecule has 2 amide bonds. The number of likely N-dealkylation sites (N-methyl/N-ethyl adjacent to an activating group) is 1. The highest BCUT2D eigenvalue weighted by atomic mass is 35.5. The van der Waals surface area contributed by atoms with E-state index in [4.69, 9.17) is 11.6 Å². The molecule has 3 aromatic rings. The van der Waals surface area contributed by atoms with Gasteiger partial charge in [-0.25, -0.2) is 4.98 Å². The molecule has 0 bridgehead atoms. The molecule has 1 saturated carbocycles. The highest BCUT2D eigenvalue weighted by Crippen LogP contribution is 2.25. The number of aliphatic hydroxyl groups is 1. The van der Waals surface area contributed by atoms with Gasteiger partial charge >= 0.3 is 0 Å². The van der Waals surface area contributed by atoms with Crippen molar-refractivity contribution in [2.45, 2.75) is 45.8 Å². The van der Waals surface area contributed by atoms with Crippen LogP contribution >= 0.6 is 11.6 Å². The number of carbonyl (C=O) groups is 2. The van der Waals surface area contributed by atoms with Crippen LogP contribution in [0.25, 0.3) is 11.0 Å². The molecule has 0 saturated heterocycles. The Morgan fingerprint density at radius 3 is 2.54 bits per heavy atom. The van der Waals surface area contributed by atoms with Gasteiger partial charge in [0, 0.05) is 48.6 Å². The van der Waals surface area contributed by atoms with Crippen molar-refractivity contribution in [1.82, 2.24) is 19.8 Å². The number of pyridine rings is 2. The lowest BCUT2D eigenvalue weighted by molar-refractivity contribution is -0.132. The zero-order valence-electron chi connectivity index (χ0n) is 21.3. The van der Waals surface area contributed by atoms with Crippen LogP contribution in [0, 0.1) is 5.41 Å². The lowest BCUT2D eigenvalue weighted by atomic mass is 9.94. The summed E-state index contributed by atoms with van der Waals surface area (Å²) >= 11 is 5.93. The van der Waals surface area contributed by atoms with Crippen LogP contribution in [0.2, 0.25) is 5.02 Å². The first-order valence-electron chi connectivity index (χ1n) is 12.2. The third kappa shape index (κ3) is 6.67. The molecular weight excluding hydrogens is 494 g/mol. The zero-order chi connectivity index (χ0) is 26.7. The summed E-state index contributed by atoms with van der Waals surface area (Å²) in [6.45, 7) is 3.84. The molecule has 37 heavy (non-hydrogen) atoms. The van der Waals surface area contributed by atoms with E-state index in [-0.39, 0.29) is 31.2 Å². The van der Waals surface area contributed by atoms with Crippen molar-refractivity contribution >= 4 is 40.3 Å². The van der Waals surface area contributed by atoms with Crippen LogP contribution in [-0.4, -0.2) is 57.6 Å². The number of halogens is 1. The van der Waals surface area contributed by atoms with Gasteiger partial charge in [-0.3, -0.25) is 19.0 Å². The molecule has 2 heterocycles. The van der Waals surface area contributed by atoms with E-state index in [1.807, 2.05) is 19.9 Å². The summed E-state index contributed by atoms with van der Waals surface area (Å²) in [5, 5.41) is 16.8. The maximum atomic E-state index is 13.5. The van der Waals surface area contributed by atoms with Crippen molar-refractivity contribution in [2.24, 2.45) is 5.41 Å². The number of nitrogens with one attached hydrogen (secondary N) is 2. The number of amides is 2. The topological polar surface area (TPSA) is 117 Å². The molecule has 3 N–H and O–H groups in total. The lowest BCUT2D eigenvalue weighted by Crippen LogP contribution is -2.41. The fraction of sp³-hybridized carbons (Fsp3) is 0.407. The molecule has 4 rings (SSSR count). The third-order valence-corrected chi connectivity index (χ3v) is 6.54. The molecule has 1 aliphatic rings. The van der Waals surface area contributed by atoms with Gasteiger partial charge in [0.25, 0.3) is 11.5 Å². The van der Waals surface area contributed by atoms with Gasteiger partial charge < -0.3 is 20.6 Å². The van der Waals surface area contributed by atoms with Gasteiger partial charge in [-0.1, -0.05) is 37.6 Å². The van der Waals surface area contributed by atoms with E-state index >= 15 is 0 Å². The van der Waals surface area contributed by atoms with Crippen LogP contribution in [0.5, 0.6) is 0 Å². The Labute approximate surface area is 220 Å². The van der Waals surface area contributed by atoms with Crippen molar-refractivity contribution < 1.29 is 14.7 Å². The number of hydrogen-bond donors (Lipinski definition) is 3. The highest BCUT2D eigenvalue weighted by molar-refractivity contribution is 6.30. The van der Waals surface area contributed by atoms with E-state index in [0.29, 0.717) is 34.5 Å². The van der Waals surface area contributed by atoms with Crippen molar-refractivity contribution in [2.75, 3.05) is 25.5 Å². The van der Waals surface area contributed by atoms with Gasteiger partial charge in [0.2, 0.25) is 5.91 Å². The van der Waals surface area contributed by atoms with E-state index in [2.05, 4.69) is 15.6 Å². The molecule has 2 aromatic heterocycles. The van der Waals surface area contributed by atoms with E-state index < -0.39 is 16.9 Å². The Morgan fingerprint density at radius 1 is 1.19 bits per heavy atom. The summed E-state index contributed by atoms with van der Waals surface area (Å²) in [6, 6.07) is 12.5. The number of benzene rings is 1. The Hall–Kier alpha value is -3.43. The molecule has 1 fully saturated rings.